The molecule has 0 aromatic carbocycles. The molecule has 1 aliphatic heterocycles. The Morgan fingerprint density at radius 3 is 2.56 bits per heavy atom. The van der Waals surface area contributed by atoms with Gasteiger partial charge in [-0.25, -0.2) is 0 Å². The van der Waals surface area contributed by atoms with Crippen LogP contribution < -0.4 is 5.32 Å². The van der Waals surface area contributed by atoms with Crippen LogP contribution in [0.3, 0.4) is 0 Å². The van der Waals surface area contributed by atoms with E-state index in [-0.39, 0.29) is 0 Å². The molecule has 92 valence electrons. The van der Waals surface area contributed by atoms with E-state index in [1.54, 1.807) is 0 Å². The second-order valence-electron chi connectivity index (χ2n) is 6.18. The van der Waals surface area contributed by atoms with E-state index in [1.807, 2.05) is 0 Å². The van der Waals surface area contributed by atoms with Crippen LogP contribution >= 0.6 is 0 Å². The lowest BCUT2D eigenvalue weighted by molar-refractivity contribution is 0.104. The van der Waals surface area contributed by atoms with Gasteiger partial charge in [-0.3, -0.25) is 4.90 Å². The summed E-state index contributed by atoms with van der Waals surface area (Å²) in [6.45, 7) is 6.37. The van der Waals surface area contributed by atoms with Crippen LogP contribution in [-0.4, -0.2) is 36.6 Å². The number of hydrogen-bond acceptors (Lipinski definition) is 2. The van der Waals surface area contributed by atoms with E-state index in [4.69, 9.17) is 0 Å². The Hall–Kier alpha value is -0.0800. The van der Waals surface area contributed by atoms with E-state index < -0.39 is 0 Å². The summed E-state index contributed by atoms with van der Waals surface area (Å²) in [5.41, 5.74) is 0. The van der Waals surface area contributed by atoms with E-state index in [2.05, 4.69) is 17.1 Å². The van der Waals surface area contributed by atoms with Gasteiger partial charge in [0.05, 0.1) is 0 Å². The second-order valence-corrected chi connectivity index (χ2v) is 6.18. The van der Waals surface area contributed by atoms with E-state index in [0.29, 0.717) is 0 Å². The maximum absolute atomic E-state index is 3.76. The molecule has 2 nitrogen and oxygen atoms in total. The molecular formula is C14H26N2. The monoisotopic (exact) mass is 222 g/mol. The molecular weight excluding hydrogens is 196 g/mol. The topological polar surface area (TPSA) is 15.3 Å². The van der Waals surface area contributed by atoms with Crippen molar-refractivity contribution in [1.29, 1.82) is 0 Å². The molecule has 2 saturated carbocycles. The molecule has 3 rings (SSSR count). The Bertz CT molecular complexity index is 233. The minimum Gasteiger partial charge on any atom is -0.312 e. The summed E-state index contributed by atoms with van der Waals surface area (Å²) < 4.78 is 0. The average Bonchev–Trinajstić information content (AvgIpc) is 3.01. The van der Waals surface area contributed by atoms with Gasteiger partial charge in [-0.05, 0) is 64.0 Å². The highest BCUT2D eigenvalue weighted by Crippen LogP contribution is 2.36. The van der Waals surface area contributed by atoms with Gasteiger partial charge in [0, 0.05) is 18.6 Å². The molecule has 3 aliphatic rings. The molecule has 0 aromatic heterocycles. The first-order valence-corrected chi connectivity index (χ1v) is 7.32. The van der Waals surface area contributed by atoms with E-state index in [0.717, 1.165) is 23.9 Å². The average molecular weight is 222 g/mol. The predicted octanol–water partition coefficient (Wildman–Crippen LogP) is 2.25. The Balaban J connectivity index is 1.58. The van der Waals surface area contributed by atoms with Gasteiger partial charge in [0.15, 0.2) is 0 Å². The normalized spacial score (nSPS) is 35.4. The molecule has 2 aliphatic carbocycles. The molecule has 2 heteroatoms. The van der Waals surface area contributed by atoms with Crippen LogP contribution in [0.1, 0.15) is 45.4 Å². The fourth-order valence-corrected chi connectivity index (χ4v) is 3.38. The quantitative estimate of drug-likeness (QED) is 0.788. The molecule has 16 heavy (non-hydrogen) atoms. The van der Waals surface area contributed by atoms with Gasteiger partial charge < -0.3 is 5.32 Å². The third-order valence-electron chi connectivity index (χ3n) is 5.06. The molecule has 1 saturated heterocycles. The van der Waals surface area contributed by atoms with Crippen molar-refractivity contribution in [2.45, 2.75) is 57.5 Å². The van der Waals surface area contributed by atoms with Crippen molar-refractivity contribution in [3.8, 4) is 0 Å². The van der Waals surface area contributed by atoms with Gasteiger partial charge in [0.2, 0.25) is 0 Å². The van der Waals surface area contributed by atoms with Gasteiger partial charge in [0.1, 0.15) is 0 Å². The molecule has 0 amide bonds. The number of hydrogen-bond donors (Lipinski definition) is 1. The van der Waals surface area contributed by atoms with Gasteiger partial charge >= 0.3 is 0 Å². The van der Waals surface area contributed by atoms with Crippen LogP contribution in [0, 0.1) is 11.8 Å². The van der Waals surface area contributed by atoms with Crippen molar-refractivity contribution in [3.63, 3.8) is 0 Å². The molecule has 0 aromatic rings. The Morgan fingerprint density at radius 1 is 1.12 bits per heavy atom. The summed E-state index contributed by atoms with van der Waals surface area (Å²) in [6, 6.07) is 1.65. The maximum atomic E-state index is 3.76. The largest absolute Gasteiger partial charge is 0.312 e. The predicted molar refractivity (Wildman–Crippen MR) is 67.5 cm³/mol. The van der Waals surface area contributed by atoms with Crippen LogP contribution in [0.2, 0.25) is 0 Å². The van der Waals surface area contributed by atoms with Crippen molar-refractivity contribution in [2.24, 2.45) is 11.8 Å². The van der Waals surface area contributed by atoms with Crippen molar-refractivity contribution < 1.29 is 0 Å². The lowest BCUT2D eigenvalue weighted by atomic mass is 9.79. The Labute approximate surface area is 99.8 Å². The van der Waals surface area contributed by atoms with Crippen molar-refractivity contribution in [2.75, 3.05) is 19.6 Å². The highest BCUT2D eigenvalue weighted by Gasteiger charge is 2.36. The van der Waals surface area contributed by atoms with Crippen molar-refractivity contribution >= 4 is 0 Å². The zero-order valence-electron chi connectivity index (χ0n) is 10.6. The molecule has 2 unspecified atom stereocenters. The third kappa shape index (κ3) is 2.28. The SMILES string of the molecule is CC(C1CCC1)N1CCCNC(C2CC2)C1. The Kier molecular flexibility index (Phi) is 3.21. The van der Waals surface area contributed by atoms with E-state index in [1.165, 1.54) is 58.2 Å². The Morgan fingerprint density at radius 2 is 1.94 bits per heavy atom. The second kappa shape index (κ2) is 4.66. The van der Waals surface area contributed by atoms with Gasteiger partial charge in [-0.2, -0.15) is 0 Å². The zero-order chi connectivity index (χ0) is 11.0. The number of nitrogens with one attached hydrogen (secondary N) is 1. The van der Waals surface area contributed by atoms with Gasteiger partial charge in [0.25, 0.3) is 0 Å². The number of rotatable bonds is 3. The standard InChI is InChI=1S/C14H26N2/c1-11(12-4-2-5-12)16-9-3-8-15-14(10-16)13-6-7-13/h11-15H,2-10H2,1H3. The first kappa shape index (κ1) is 11.0. The highest BCUT2D eigenvalue weighted by atomic mass is 15.2. The van der Waals surface area contributed by atoms with Crippen LogP contribution in [0.25, 0.3) is 0 Å². The van der Waals surface area contributed by atoms with E-state index in [9.17, 15) is 0 Å². The minimum atomic E-state index is 0.810. The summed E-state index contributed by atoms with van der Waals surface area (Å²) in [7, 11) is 0. The summed E-state index contributed by atoms with van der Waals surface area (Å²) in [5, 5.41) is 3.76. The molecule has 0 radical (unpaired) electrons. The minimum absolute atomic E-state index is 0.810. The summed E-state index contributed by atoms with van der Waals surface area (Å²) in [6.07, 6.45) is 8.75. The van der Waals surface area contributed by atoms with Crippen molar-refractivity contribution in [1.82, 2.24) is 10.2 Å². The van der Waals surface area contributed by atoms with E-state index >= 15 is 0 Å². The fourth-order valence-electron chi connectivity index (χ4n) is 3.38. The van der Waals surface area contributed by atoms with Crippen molar-refractivity contribution in [3.05, 3.63) is 0 Å². The van der Waals surface area contributed by atoms with Gasteiger partial charge in [-0.1, -0.05) is 6.42 Å². The highest BCUT2D eigenvalue weighted by molar-refractivity contribution is 4.92. The lowest BCUT2D eigenvalue weighted by Crippen LogP contribution is -2.46. The van der Waals surface area contributed by atoms with Crippen LogP contribution in [-0.2, 0) is 0 Å². The lowest BCUT2D eigenvalue weighted by Gasteiger charge is -2.39. The van der Waals surface area contributed by atoms with Crippen LogP contribution in [0.15, 0.2) is 0 Å². The summed E-state index contributed by atoms with van der Waals surface area (Å²) >= 11 is 0. The smallest absolute Gasteiger partial charge is 0.0223 e. The summed E-state index contributed by atoms with van der Waals surface area (Å²) in [4.78, 5) is 2.78. The molecule has 0 spiro atoms. The third-order valence-corrected chi connectivity index (χ3v) is 5.06. The molecule has 1 heterocycles. The molecule has 0 bridgehead atoms. The number of nitrogens with zero attached hydrogens (tertiary/aromatic N) is 1. The fraction of sp³-hybridized carbons (Fsp3) is 1.00. The molecule has 3 fully saturated rings. The first-order valence-electron chi connectivity index (χ1n) is 7.32. The first-order chi connectivity index (χ1) is 7.84. The van der Waals surface area contributed by atoms with Crippen LogP contribution in [0.4, 0.5) is 0 Å². The van der Waals surface area contributed by atoms with Crippen LogP contribution in [0.5, 0.6) is 0 Å². The zero-order valence-corrected chi connectivity index (χ0v) is 10.6. The molecule has 1 N–H and O–H groups in total. The summed E-state index contributed by atoms with van der Waals surface area (Å²) in [5.74, 6) is 2.02. The van der Waals surface area contributed by atoms with Gasteiger partial charge in [-0.15, -0.1) is 0 Å². The molecule has 2 atom stereocenters. The maximum Gasteiger partial charge on any atom is 0.0223 e.